The molecule has 2 heterocycles. The maximum Gasteiger partial charge on any atom is 0.304 e. The minimum Gasteiger partial charge on any atom is -0.315 e. The van der Waals surface area contributed by atoms with Crippen molar-refractivity contribution < 1.29 is 0 Å². The molecular formula is C12H19N3OS. The average Bonchev–Trinajstić information content (AvgIpc) is 2.89. The summed E-state index contributed by atoms with van der Waals surface area (Å²) in [6.07, 6.45) is 5.33. The Morgan fingerprint density at radius 3 is 2.94 bits per heavy atom. The molecule has 17 heavy (non-hydrogen) atoms. The quantitative estimate of drug-likeness (QED) is 0.831. The number of H-pyrrole nitrogens is 1. The van der Waals surface area contributed by atoms with E-state index < -0.39 is 0 Å². The van der Waals surface area contributed by atoms with Gasteiger partial charge in [-0.3, -0.25) is 9.69 Å². The Labute approximate surface area is 105 Å². The third-order valence-electron chi connectivity index (χ3n) is 3.98. The van der Waals surface area contributed by atoms with Gasteiger partial charge in [-0.05, 0) is 12.8 Å². The minimum atomic E-state index is 0.0608. The predicted molar refractivity (Wildman–Crippen MR) is 69.4 cm³/mol. The molecule has 1 saturated carbocycles. The highest BCUT2D eigenvalue weighted by atomic mass is 32.1. The second-order valence-electron chi connectivity index (χ2n) is 5.30. The summed E-state index contributed by atoms with van der Waals surface area (Å²) in [7, 11) is 0. The molecule has 1 spiro atoms. The van der Waals surface area contributed by atoms with Crippen molar-refractivity contribution in [1.29, 1.82) is 0 Å². The van der Waals surface area contributed by atoms with Crippen molar-refractivity contribution >= 4 is 11.3 Å². The van der Waals surface area contributed by atoms with Crippen LogP contribution in [0.3, 0.4) is 0 Å². The Morgan fingerprint density at radius 1 is 1.41 bits per heavy atom. The van der Waals surface area contributed by atoms with Crippen LogP contribution in [0.4, 0.5) is 0 Å². The Morgan fingerprint density at radius 2 is 2.24 bits per heavy atom. The van der Waals surface area contributed by atoms with Gasteiger partial charge in [0.25, 0.3) is 0 Å². The third-order valence-corrected chi connectivity index (χ3v) is 4.70. The smallest absolute Gasteiger partial charge is 0.304 e. The molecule has 1 aliphatic carbocycles. The fourth-order valence-electron chi connectivity index (χ4n) is 3.20. The van der Waals surface area contributed by atoms with E-state index >= 15 is 0 Å². The molecule has 1 aromatic rings. The van der Waals surface area contributed by atoms with Gasteiger partial charge in [0.2, 0.25) is 0 Å². The van der Waals surface area contributed by atoms with Crippen LogP contribution in [0.2, 0.25) is 0 Å². The number of hydrogen-bond donors (Lipinski definition) is 2. The number of rotatable bonds is 2. The zero-order chi connectivity index (χ0) is 11.7. The number of thiazole rings is 1. The second-order valence-corrected chi connectivity index (χ2v) is 6.14. The molecule has 0 atom stereocenters. The summed E-state index contributed by atoms with van der Waals surface area (Å²) in [5.74, 6) is 0. The van der Waals surface area contributed by atoms with Crippen molar-refractivity contribution in [2.75, 3.05) is 19.6 Å². The van der Waals surface area contributed by atoms with Gasteiger partial charge in [-0.15, -0.1) is 0 Å². The van der Waals surface area contributed by atoms with Gasteiger partial charge >= 0.3 is 4.87 Å². The molecule has 0 amide bonds. The van der Waals surface area contributed by atoms with Gasteiger partial charge in [-0.25, -0.2) is 0 Å². The Hall–Kier alpha value is -0.650. The van der Waals surface area contributed by atoms with Crippen molar-refractivity contribution in [3.8, 4) is 0 Å². The van der Waals surface area contributed by atoms with Gasteiger partial charge < -0.3 is 10.3 Å². The molecule has 0 unspecified atom stereocenters. The summed E-state index contributed by atoms with van der Waals surface area (Å²) in [6, 6.07) is 0. The third kappa shape index (κ3) is 2.46. The van der Waals surface area contributed by atoms with E-state index in [1.807, 2.05) is 5.38 Å². The fourth-order valence-corrected chi connectivity index (χ4v) is 3.77. The lowest BCUT2D eigenvalue weighted by molar-refractivity contribution is 0.127. The van der Waals surface area contributed by atoms with Crippen LogP contribution in [0, 0.1) is 0 Å². The number of nitrogens with one attached hydrogen (secondary N) is 2. The van der Waals surface area contributed by atoms with Gasteiger partial charge in [0.05, 0.1) is 0 Å². The maximum absolute atomic E-state index is 11.1. The second kappa shape index (κ2) is 4.55. The number of nitrogens with zero attached hydrogens (tertiary/aromatic N) is 1. The molecule has 94 valence electrons. The van der Waals surface area contributed by atoms with E-state index in [-0.39, 0.29) is 4.87 Å². The lowest BCUT2D eigenvalue weighted by Gasteiger charge is -2.41. The highest BCUT2D eigenvalue weighted by molar-refractivity contribution is 7.07. The molecule has 2 aliphatic rings. The largest absolute Gasteiger partial charge is 0.315 e. The molecule has 2 fully saturated rings. The Kier molecular flexibility index (Phi) is 3.06. The van der Waals surface area contributed by atoms with Crippen molar-refractivity contribution in [2.45, 2.75) is 37.8 Å². The van der Waals surface area contributed by atoms with E-state index in [4.69, 9.17) is 0 Å². The lowest BCUT2D eigenvalue weighted by atomic mass is 9.94. The standard InChI is InChI=1S/C12H19N3OS/c16-11-14-10(8-17-11)7-15-6-5-13-12(9-15)3-1-2-4-12/h8,13H,1-7,9H2,(H,14,16). The number of piperazine rings is 1. The van der Waals surface area contributed by atoms with Crippen LogP contribution in [0.25, 0.3) is 0 Å². The molecule has 0 aromatic carbocycles. The molecule has 1 saturated heterocycles. The fraction of sp³-hybridized carbons (Fsp3) is 0.750. The van der Waals surface area contributed by atoms with Crippen LogP contribution >= 0.6 is 11.3 Å². The topological polar surface area (TPSA) is 48.1 Å². The average molecular weight is 253 g/mol. The van der Waals surface area contributed by atoms with Gasteiger partial charge in [0, 0.05) is 42.8 Å². The Balaban J connectivity index is 1.65. The van der Waals surface area contributed by atoms with Gasteiger partial charge in [0.15, 0.2) is 0 Å². The molecule has 1 aromatic heterocycles. The molecule has 3 rings (SSSR count). The predicted octanol–water partition coefficient (Wildman–Crippen LogP) is 1.15. The van der Waals surface area contributed by atoms with Gasteiger partial charge in [0.1, 0.15) is 0 Å². The van der Waals surface area contributed by atoms with Crippen molar-refractivity contribution in [3.63, 3.8) is 0 Å². The van der Waals surface area contributed by atoms with Crippen LogP contribution in [0.1, 0.15) is 31.4 Å². The van der Waals surface area contributed by atoms with E-state index in [2.05, 4.69) is 15.2 Å². The summed E-state index contributed by atoms with van der Waals surface area (Å²) in [5.41, 5.74) is 1.43. The first-order chi connectivity index (χ1) is 8.26. The van der Waals surface area contributed by atoms with E-state index in [0.29, 0.717) is 5.54 Å². The molecule has 0 radical (unpaired) electrons. The van der Waals surface area contributed by atoms with Gasteiger partial charge in [-0.2, -0.15) is 0 Å². The summed E-state index contributed by atoms with van der Waals surface area (Å²) < 4.78 is 0. The van der Waals surface area contributed by atoms with Crippen LogP contribution in [0.15, 0.2) is 10.2 Å². The highest BCUT2D eigenvalue weighted by Gasteiger charge is 2.37. The van der Waals surface area contributed by atoms with Gasteiger partial charge in [-0.1, -0.05) is 24.2 Å². The number of hydrogen-bond acceptors (Lipinski definition) is 4. The molecule has 5 heteroatoms. The SMILES string of the molecule is O=c1[nH]c(CN2CCNC3(CCCC3)C2)cs1. The summed E-state index contributed by atoms with van der Waals surface area (Å²) in [4.78, 5) is 16.5. The molecule has 1 aliphatic heterocycles. The van der Waals surface area contributed by atoms with Crippen LogP contribution in [-0.2, 0) is 6.54 Å². The lowest BCUT2D eigenvalue weighted by Crippen LogP contribution is -2.58. The zero-order valence-electron chi connectivity index (χ0n) is 10.00. The summed E-state index contributed by atoms with van der Waals surface area (Å²) in [5, 5.41) is 5.65. The zero-order valence-corrected chi connectivity index (χ0v) is 10.8. The highest BCUT2D eigenvalue weighted by Crippen LogP contribution is 2.32. The first-order valence-electron chi connectivity index (χ1n) is 6.40. The van der Waals surface area contributed by atoms with E-state index in [0.717, 1.165) is 31.9 Å². The van der Waals surface area contributed by atoms with E-state index in [1.165, 1.54) is 37.0 Å². The first kappa shape index (κ1) is 11.4. The molecule has 2 N–H and O–H groups in total. The number of aromatic amines is 1. The van der Waals surface area contributed by atoms with E-state index in [9.17, 15) is 4.79 Å². The van der Waals surface area contributed by atoms with Crippen molar-refractivity contribution in [1.82, 2.24) is 15.2 Å². The minimum absolute atomic E-state index is 0.0608. The normalized spacial score (nSPS) is 24.5. The Bertz CT molecular complexity index is 433. The summed E-state index contributed by atoms with van der Waals surface area (Å²) in [6.45, 7) is 4.18. The maximum atomic E-state index is 11.1. The number of aromatic nitrogens is 1. The van der Waals surface area contributed by atoms with Crippen molar-refractivity contribution in [3.05, 3.63) is 20.7 Å². The van der Waals surface area contributed by atoms with Crippen LogP contribution < -0.4 is 10.2 Å². The molecule has 0 bridgehead atoms. The van der Waals surface area contributed by atoms with Crippen LogP contribution in [-0.4, -0.2) is 35.1 Å². The van der Waals surface area contributed by atoms with Crippen molar-refractivity contribution in [2.24, 2.45) is 0 Å². The van der Waals surface area contributed by atoms with Crippen LogP contribution in [0.5, 0.6) is 0 Å². The van der Waals surface area contributed by atoms with E-state index in [1.54, 1.807) is 0 Å². The monoisotopic (exact) mass is 253 g/mol. The first-order valence-corrected chi connectivity index (χ1v) is 7.28. The summed E-state index contributed by atoms with van der Waals surface area (Å²) >= 11 is 1.26. The molecular weight excluding hydrogens is 234 g/mol. The molecule has 4 nitrogen and oxygen atoms in total.